The Morgan fingerprint density at radius 1 is 1.07 bits per heavy atom. The number of hydrogen-bond donors (Lipinski definition) is 2. The van der Waals surface area contributed by atoms with Gasteiger partial charge in [-0.3, -0.25) is 14.2 Å². The van der Waals surface area contributed by atoms with Crippen molar-refractivity contribution < 1.29 is 18.7 Å². The van der Waals surface area contributed by atoms with Gasteiger partial charge in [0, 0.05) is 12.3 Å². The van der Waals surface area contributed by atoms with Crippen molar-refractivity contribution in [1.29, 1.82) is 0 Å². The second-order valence-electron chi connectivity index (χ2n) is 6.55. The number of fused-ring (bicyclic) bond motifs is 1. The normalized spacial score (nSPS) is 10.9. The molecular formula is C22H15F2N3O3. The van der Waals surface area contributed by atoms with Gasteiger partial charge in [-0.2, -0.15) is 0 Å². The Morgan fingerprint density at radius 2 is 1.83 bits per heavy atom. The Balaban J connectivity index is 1.85. The lowest BCUT2D eigenvalue weighted by molar-refractivity contribution is 0.102. The van der Waals surface area contributed by atoms with Crippen molar-refractivity contribution in [2.24, 2.45) is 0 Å². The van der Waals surface area contributed by atoms with Crippen LogP contribution in [0.2, 0.25) is 0 Å². The minimum atomic E-state index is -1.02. The Morgan fingerprint density at radius 3 is 2.57 bits per heavy atom. The molecule has 0 saturated carbocycles. The summed E-state index contributed by atoms with van der Waals surface area (Å²) in [5, 5.41) is 13.0. The highest BCUT2D eigenvalue weighted by atomic mass is 19.1. The largest absolute Gasteiger partial charge is 0.506 e. The van der Waals surface area contributed by atoms with E-state index in [0.29, 0.717) is 6.07 Å². The third-order valence-electron chi connectivity index (χ3n) is 4.58. The summed E-state index contributed by atoms with van der Waals surface area (Å²) in [6.45, 7) is 0.110. The quantitative estimate of drug-likeness (QED) is 0.541. The third-order valence-corrected chi connectivity index (χ3v) is 4.58. The summed E-state index contributed by atoms with van der Waals surface area (Å²) < 4.78 is 28.3. The first kappa shape index (κ1) is 19.3. The average molecular weight is 407 g/mol. The van der Waals surface area contributed by atoms with Gasteiger partial charge in [0.05, 0.1) is 17.6 Å². The Labute approximate surface area is 169 Å². The highest BCUT2D eigenvalue weighted by Crippen LogP contribution is 2.26. The van der Waals surface area contributed by atoms with E-state index < -0.39 is 34.4 Å². The van der Waals surface area contributed by atoms with Crippen LogP contribution in [-0.2, 0) is 6.54 Å². The van der Waals surface area contributed by atoms with E-state index in [2.05, 4.69) is 10.3 Å². The fourth-order valence-corrected chi connectivity index (χ4v) is 3.16. The van der Waals surface area contributed by atoms with E-state index in [0.717, 1.165) is 17.7 Å². The first-order valence-corrected chi connectivity index (χ1v) is 8.96. The second kappa shape index (κ2) is 7.75. The third kappa shape index (κ3) is 3.50. The van der Waals surface area contributed by atoms with Crippen LogP contribution in [0.4, 0.5) is 14.5 Å². The number of anilines is 1. The number of aromatic hydroxyl groups is 1. The van der Waals surface area contributed by atoms with Crippen LogP contribution in [0.3, 0.4) is 0 Å². The lowest BCUT2D eigenvalue weighted by Gasteiger charge is -2.14. The zero-order valence-corrected chi connectivity index (χ0v) is 15.5. The molecule has 4 rings (SSSR count). The minimum Gasteiger partial charge on any atom is -0.506 e. The second-order valence-corrected chi connectivity index (χ2v) is 6.55. The standard InChI is InChI=1S/C22H15F2N3O3/c23-14-8-9-17(16(24)11-14)26-21(29)18-19(28)15-7-4-10-25-20(15)27(22(18)30)12-13-5-2-1-3-6-13/h1-11,28H,12H2,(H,26,29). The van der Waals surface area contributed by atoms with Crippen LogP contribution in [0.1, 0.15) is 15.9 Å². The van der Waals surface area contributed by atoms with Gasteiger partial charge in [0.15, 0.2) is 0 Å². The van der Waals surface area contributed by atoms with Crippen molar-refractivity contribution in [2.75, 3.05) is 5.32 Å². The number of benzene rings is 2. The highest BCUT2D eigenvalue weighted by Gasteiger charge is 2.23. The number of carbonyl (C=O) groups is 1. The predicted octanol–water partition coefficient (Wildman–Crippen LogP) is 3.68. The number of hydrogen-bond acceptors (Lipinski definition) is 4. The number of halogens is 2. The van der Waals surface area contributed by atoms with Crippen LogP contribution in [-0.4, -0.2) is 20.6 Å². The number of pyridine rings is 2. The van der Waals surface area contributed by atoms with Crippen molar-refractivity contribution >= 4 is 22.6 Å². The summed E-state index contributed by atoms with van der Waals surface area (Å²) in [6.07, 6.45) is 1.47. The molecule has 2 N–H and O–H groups in total. The van der Waals surface area contributed by atoms with E-state index in [9.17, 15) is 23.5 Å². The number of amides is 1. The molecule has 0 aliphatic rings. The molecule has 0 bridgehead atoms. The minimum absolute atomic E-state index is 0.110. The number of carbonyl (C=O) groups excluding carboxylic acids is 1. The number of nitrogens with zero attached hydrogens (tertiary/aromatic N) is 2. The van der Waals surface area contributed by atoms with Crippen LogP contribution in [0.5, 0.6) is 5.75 Å². The van der Waals surface area contributed by atoms with E-state index in [1.54, 1.807) is 18.2 Å². The van der Waals surface area contributed by atoms with Crippen molar-refractivity contribution in [3.63, 3.8) is 0 Å². The molecule has 0 fully saturated rings. The molecule has 1 amide bonds. The van der Waals surface area contributed by atoms with E-state index in [4.69, 9.17) is 0 Å². The first-order valence-electron chi connectivity index (χ1n) is 8.96. The SMILES string of the molecule is O=C(Nc1ccc(F)cc1F)c1c(O)c2cccnc2n(Cc2ccccc2)c1=O. The first-order chi connectivity index (χ1) is 14.5. The van der Waals surface area contributed by atoms with Gasteiger partial charge in [-0.15, -0.1) is 0 Å². The summed E-state index contributed by atoms with van der Waals surface area (Å²) in [5.41, 5.74) is -0.680. The molecule has 2 aromatic carbocycles. The summed E-state index contributed by atoms with van der Waals surface area (Å²) in [4.78, 5) is 30.1. The molecule has 0 aliphatic carbocycles. The van der Waals surface area contributed by atoms with Gasteiger partial charge < -0.3 is 10.4 Å². The van der Waals surface area contributed by atoms with Crippen molar-refractivity contribution in [3.05, 3.63) is 100.0 Å². The molecule has 0 unspecified atom stereocenters. The molecule has 6 nitrogen and oxygen atoms in total. The molecule has 2 aromatic heterocycles. The summed E-state index contributed by atoms with van der Waals surface area (Å²) >= 11 is 0. The fraction of sp³-hybridized carbons (Fsp3) is 0.0455. The summed E-state index contributed by atoms with van der Waals surface area (Å²) in [6, 6.07) is 14.7. The Bertz CT molecular complexity index is 1320. The van der Waals surface area contributed by atoms with Gasteiger partial charge in [0.25, 0.3) is 11.5 Å². The smallest absolute Gasteiger partial charge is 0.269 e. The zero-order valence-electron chi connectivity index (χ0n) is 15.5. The molecular weight excluding hydrogens is 392 g/mol. The van der Waals surface area contributed by atoms with E-state index in [1.165, 1.54) is 16.8 Å². The van der Waals surface area contributed by atoms with Gasteiger partial charge in [-0.1, -0.05) is 30.3 Å². The van der Waals surface area contributed by atoms with E-state index in [-0.39, 0.29) is 23.3 Å². The Hall–Kier alpha value is -4.07. The predicted molar refractivity (Wildman–Crippen MR) is 108 cm³/mol. The molecule has 150 valence electrons. The number of nitrogens with one attached hydrogen (secondary N) is 1. The molecule has 0 aliphatic heterocycles. The van der Waals surface area contributed by atoms with E-state index >= 15 is 0 Å². The molecule has 0 spiro atoms. The van der Waals surface area contributed by atoms with Crippen LogP contribution < -0.4 is 10.9 Å². The Kier molecular flexibility index (Phi) is 4.97. The van der Waals surface area contributed by atoms with Crippen LogP contribution >= 0.6 is 0 Å². The van der Waals surface area contributed by atoms with Gasteiger partial charge in [0.1, 0.15) is 28.6 Å². The highest BCUT2D eigenvalue weighted by molar-refractivity contribution is 6.08. The molecule has 2 heterocycles. The molecule has 0 radical (unpaired) electrons. The summed E-state index contributed by atoms with van der Waals surface area (Å²) in [5.74, 6) is -3.40. The maximum atomic E-state index is 13.9. The summed E-state index contributed by atoms with van der Waals surface area (Å²) in [7, 11) is 0. The zero-order chi connectivity index (χ0) is 21.3. The number of rotatable bonds is 4. The lowest BCUT2D eigenvalue weighted by atomic mass is 10.1. The van der Waals surface area contributed by atoms with Crippen molar-refractivity contribution in [2.45, 2.75) is 6.54 Å². The maximum Gasteiger partial charge on any atom is 0.269 e. The van der Waals surface area contributed by atoms with Gasteiger partial charge in [0.2, 0.25) is 0 Å². The van der Waals surface area contributed by atoms with Gasteiger partial charge in [-0.25, -0.2) is 13.8 Å². The van der Waals surface area contributed by atoms with Crippen LogP contribution in [0.25, 0.3) is 11.0 Å². The van der Waals surface area contributed by atoms with Crippen LogP contribution in [0.15, 0.2) is 71.7 Å². The van der Waals surface area contributed by atoms with Crippen molar-refractivity contribution in [3.8, 4) is 5.75 Å². The monoisotopic (exact) mass is 407 g/mol. The average Bonchev–Trinajstić information content (AvgIpc) is 2.74. The van der Waals surface area contributed by atoms with Crippen LogP contribution in [0, 0.1) is 11.6 Å². The maximum absolute atomic E-state index is 13.9. The number of aromatic nitrogens is 2. The van der Waals surface area contributed by atoms with E-state index in [1.807, 2.05) is 18.2 Å². The topological polar surface area (TPSA) is 84.2 Å². The molecule has 4 aromatic rings. The van der Waals surface area contributed by atoms with Gasteiger partial charge in [-0.05, 0) is 29.8 Å². The molecule has 8 heteroatoms. The molecule has 0 saturated heterocycles. The van der Waals surface area contributed by atoms with Gasteiger partial charge >= 0.3 is 0 Å². The lowest BCUT2D eigenvalue weighted by Crippen LogP contribution is -2.30. The van der Waals surface area contributed by atoms with Crippen molar-refractivity contribution in [1.82, 2.24) is 9.55 Å². The molecule has 30 heavy (non-hydrogen) atoms. The fourth-order valence-electron chi connectivity index (χ4n) is 3.16. The molecule has 0 atom stereocenters.